The number of rotatable bonds is 51. The second kappa shape index (κ2) is 51.0. The van der Waals surface area contributed by atoms with Crippen molar-refractivity contribution < 1.29 is 28.6 Å². The van der Waals surface area contributed by atoms with Crippen LogP contribution in [0.15, 0.2) is 0 Å². The van der Waals surface area contributed by atoms with Gasteiger partial charge in [0, 0.05) is 19.3 Å². The van der Waals surface area contributed by atoms with E-state index in [9.17, 15) is 14.4 Å². The van der Waals surface area contributed by atoms with Crippen molar-refractivity contribution in [2.75, 3.05) is 13.2 Å². The number of esters is 3. The molecule has 0 aliphatic rings. The van der Waals surface area contributed by atoms with Gasteiger partial charge in [0.25, 0.3) is 0 Å². The van der Waals surface area contributed by atoms with Crippen LogP contribution in [-0.4, -0.2) is 37.2 Å². The maximum Gasteiger partial charge on any atom is 0.306 e. The molecule has 0 aliphatic heterocycles. The molecule has 0 aromatic carbocycles. The number of hydrogen-bond acceptors (Lipinski definition) is 6. The summed E-state index contributed by atoms with van der Waals surface area (Å²) in [6.07, 6.45) is 55.5. The smallest absolute Gasteiger partial charge is 0.306 e. The lowest BCUT2D eigenvalue weighted by molar-refractivity contribution is -0.167. The molecule has 0 aromatic rings. The van der Waals surface area contributed by atoms with Gasteiger partial charge in [-0.15, -0.1) is 0 Å². The van der Waals surface area contributed by atoms with E-state index in [2.05, 4.69) is 20.8 Å². The first-order valence-corrected chi connectivity index (χ1v) is 27.5. The van der Waals surface area contributed by atoms with E-state index in [1.807, 2.05) is 0 Å². The monoisotopic (exact) mass is 863 g/mol. The van der Waals surface area contributed by atoms with Crippen LogP contribution in [-0.2, 0) is 28.6 Å². The summed E-state index contributed by atoms with van der Waals surface area (Å²) in [6, 6.07) is 0. The minimum atomic E-state index is -0.758. The van der Waals surface area contributed by atoms with Crippen molar-refractivity contribution in [1.29, 1.82) is 0 Å². The molecule has 0 fully saturated rings. The maximum absolute atomic E-state index is 12.7. The lowest BCUT2D eigenvalue weighted by Gasteiger charge is -2.18. The molecular weight excluding hydrogens is 757 g/mol. The lowest BCUT2D eigenvalue weighted by atomic mass is 10.0. The highest BCUT2D eigenvalue weighted by Crippen LogP contribution is 2.17. The molecule has 1 atom stereocenters. The van der Waals surface area contributed by atoms with Gasteiger partial charge in [0.1, 0.15) is 13.2 Å². The van der Waals surface area contributed by atoms with Gasteiger partial charge in [-0.25, -0.2) is 0 Å². The zero-order chi connectivity index (χ0) is 44.4. The SMILES string of the molecule is CCCCCCCCCCCCCCCCCCCCCCCCCCC(=O)OCC(COC(=O)CCCCCCCCCC)OC(=O)CCCCCCCCCCCCC. The van der Waals surface area contributed by atoms with Crippen molar-refractivity contribution in [1.82, 2.24) is 0 Å². The van der Waals surface area contributed by atoms with Crippen molar-refractivity contribution in [3.8, 4) is 0 Å². The number of carbonyl (C=O) groups is 3. The highest BCUT2D eigenvalue weighted by atomic mass is 16.6. The highest BCUT2D eigenvalue weighted by molar-refractivity contribution is 5.71. The molecule has 0 aromatic heterocycles. The molecule has 0 radical (unpaired) electrons. The number of hydrogen-bond donors (Lipinski definition) is 0. The Bertz CT molecular complexity index is 905. The van der Waals surface area contributed by atoms with E-state index < -0.39 is 6.10 Å². The summed E-state index contributed by atoms with van der Waals surface area (Å²) in [6.45, 7) is 6.65. The average molecular weight is 863 g/mol. The second-order valence-corrected chi connectivity index (χ2v) is 18.9. The van der Waals surface area contributed by atoms with Crippen LogP contribution in [0.25, 0.3) is 0 Å². The fraction of sp³-hybridized carbons (Fsp3) is 0.945. The first-order valence-electron chi connectivity index (χ1n) is 27.5. The normalized spacial score (nSPS) is 11.9. The maximum atomic E-state index is 12.7. The van der Waals surface area contributed by atoms with E-state index in [1.165, 1.54) is 218 Å². The first-order chi connectivity index (χ1) is 30.0. The number of unbranched alkanes of at least 4 members (excludes halogenated alkanes) is 40. The van der Waals surface area contributed by atoms with Crippen molar-refractivity contribution in [2.24, 2.45) is 0 Å². The summed E-state index contributed by atoms with van der Waals surface area (Å²) in [5, 5.41) is 0. The van der Waals surface area contributed by atoms with Crippen LogP contribution in [0.5, 0.6) is 0 Å². The molecular formula is C55H106O6. The Morgan fingerprint density at radius 3 is 0.656 bits per heavy atom. The van der Waals surface area contributed by atoms with Crippen LogP contribution in [0, 0.1) is 0 Å². The van der Waals surface area contributed by atoms with E-state index in [0.717, 1.165) is 57.8 Å². The molecule has 6 nitrogen and oxygen atoms in total. The van der Waals surface area contributed by atoms with Crippen LogP contribution in [0.1, 0.15) is 316 Å². The van der Waals surface area contributed by atoms with Crippen LogP contribution in [0.4, 0.5) is 0 Å². The summed E-state index contributed by atoms with van der Waals surface area (Å²) in [4.78, 5) is 37.8. The van der Waals surface area contributed by atoms with E-state index in [0.29, 0.717) is 19.3 Å². The molecule has 0 N–H and O–H groups in total. The quantitative estimate of drug-likeness (QED) is 0.0344. The van der Waals surface area contributed by atoms with Crippen molar-refractivity contribution in [3.05, 3.63) is 0 Å². The fourth-order valence-corrected chi connectivity index (χ4v) is 8.45. The molecule has 0 amide bonds. The zero-order valence-electron chi connectivity index (χ0n) is 41.5. The van der Waals surface area contributed by atoms with Gasteiger partial charge in [-0.05, 0) is 19.3 Å². The predicted molar refractivity (Wildman–Crippen MR) is 261 cm³/mol. The van der Waals surface area contributed by atoms with Gasteiger partial charge >= 0.3 is 17.9 Å². The minimum Gasteiger partial charge on any atom is -0.462 e. The molecule has 6 heteroatoms. The summed E-state index contributed by atoms with van der Waals surface area (Å²) in [5.74, 6) is -0.847. The molecule has 0 heterocycles. The minimum absolute atomic E-state index is 0.0622. The molecule has 0 aliphatic carbocycles. The first kappa shape index (κ1) is 59.4. The van der Waals surface area contributed by atoms with Crippen LogP contribution in [0.3, 0.4) is 0 Å². The molecule has 0 saturated carbocycles. The standard InChI is InChI=1S/C55H106O6/c1-4-7-10-13-16-19-21-22-23-24-25-26-27-28-29-30-31-32-33-35-36-39-42-45-48-54(57)60-51-52(50-59-53(56)47-44-41-38-18-15-12-9-6-3)61-55(58)49-46-43-40-37-34-20-17-14-11-8-5-2/h52H,4-51H2,1-3H3. The summed E-state index contributed by atoms with van der Waals surface area (Å²) >= 11 is 0. The molecule has 61 heavy (non-hydrogen) atoms. The fourth-order valence-electron chi connectivity index (χ4n) is 8.45. The van der Waals surface area contributed by atoms with Crippen molar-refractivity contribution in [2.45, 2.75) is 322 Å². The Morgan fingerprint density at radius 2 is 0.443 bits per heavy atom. The lowest BCUT2D eigenvalue weighted by Crippen LogP contribution is -2.30. The third-order valence-electron chi connectivity index (χ3n) is 12.6. The molecule has 0 bridgehead atoms. The Hall–Kier alpha value is -1.59. The summed E-state index contributed by atoms with van der Waals surface area (Å²) in [7, 11) is 0. The zero-order valence-corrected chi connectivity index (χ0v) is 41.5. The third kappa shape index (κ3) is 49.3. The number of carbonyl (C=O) groups excluding carboxylic acids is 3. The Kier molecular flexibility index (Phi) is 49.7. The van der Waals surface area contributed by atoms with E-state index in [-0.39, 0.29) is 31.1 Å². The predicted octanol–water partition coefficient (Wildman–Crippen LogP) is 18.0. The van der Waals surface area contributed by atoms with E-state index in [4.69, 9.17) is 14.2 Å². The van der Waals surface area contributed by atoms with Crippen LogP contribution >= 0.6 is 0 Å². The van der Waals surface area contributed by atoms with Gasteiger partial charge in [0.2, 0.25) is 0 Å². The van der Waals surface area contributed by atoms with Gasteiger partial charge < -0.3 is 14.2 Å². The Morgan fingerprint density at radius 1 is 0.262 bits per heavy atom. The summed E-state index contributed by atoms with van der Waals surface area (Å²) in [5.41, 5.74) is 0. The average Bonchev–Trinajstić information content (AvgIpc) is 3.26. The molecule has 1 unspecified atom stereocenters. The van der Waals surface area contributed by atoms with Gasteiger partial charge in [0.05, 0.1) is 0 Å². The molecule has 0 saturated heterocycles. The highest BCUT2D eigenvalue weighted by Gasteiger charge is 2.19. The van der Waals surface area contributed by atoms with E-state index in [1.54, 1.807) is 0 Å². The molecule has 0 rings (SSSR count). The van der Waals surface area contributed by atoms with Crippen molar-refractivity contribution >= 4 is 17.9 Å². The van der Waals surface area contributed by atoms with Crippen molar-refractivity contribution in [3.63, 3.8) is 0 Å². The molecule has 0 spiro atoms. The third-order valence-corrected chi connectivity index (χ3v) is 12.6. The Labute approximate surface area is 380 Å². The van der Waals surface area contributed by atoms with Crippen LogP contribution in [0.2, 0.25) is 0 Å². The van der Waals surface area contributed by atoms with Gasteiger partial charge in [-0.1, -0.05) is 278 Å². The van der Waals surface area contributed by atoms with E-state index >= 15 is 0 Å². The van der Waals surface area contributed by atoms with Gasteiger partial charge in [0.15, 0.2) is 6.10 Å². The van der Waals surface area contributed by atoms with Crippen LogP contribution < -0.4 is 0 Å². The largest absolute Gasteiger partial charge is 0.462 e. The van der Waals surface area contributed by atoms with Gasteiger partial charge in [-0.2, -0.15) is 0 Å². The summed E-state index contributed by atoms with van der Waals surface area (Å²) < 4.78 is 16.8. The Balaban J connectivity index is 4.05. The number of ether oxygens (including phenoxy) is 3. The topological polar surface area (TPSA) is 78.9 Å². The van der Waals surface area contributed by atoms with Gasteiger partial charge in [-0.3, -0.25) is 14.4 Å². The molecule has 362 valence electrons. The second-order valence-electron chi connectivity index (χ2n) is 18.9.